The molecule has 33 heavy (non-hydrogen) atoms. The molecular weight excluding hydrogens is 416 g/mol. The summed E-state index contributed by atoms with van der Waals surface area (Å²) in [5.74, 6) is 0.420. The third kappa shape index (κ3) is 4.86. The van der Waals surface area contributed by atoms with Gasteiger partial charge in [0.1, 0.15) is 18.5 Å². The molecule has 0 spiro atoms. The zero-order valence-electron chi connectivity index (χ0n) is 18.9. The number of aryl methyl sites for hydroxylation is 2. The highest BCUT2D eigenvalue weighted by atomic mass is 16.5. The van der Waals surface area contributed by atoms with E-state index in [4.69, 9.17) is 4.74 Å². The van der Waals surface area contributed by atoms with Gasteiger partial charge in [-0.25, -0.2) is 4.68 Å². The number of ketones is 1. The number of aliphatic hydroxyl groups excluding tert-OH is 1. The number of carbonyl (C=O) groups is 1. The van der Waals surface area contributed by atoms with Crippen LogP contribution in [-0.4, -0.2) is 33.4 Å². The fourth-order valence-electron chi connectivity index (χ4n) is 3.80. The van der Waals surface area contributed by atoms with Crippen LogP contribution in [0, 0.1) is 13.8 Å². The van der Waals surface area contributed by atoms with Crippen molar-refractivity contribution >= 4 is 16.6 Å². The normalized spacial score (nSPS) is 12.0. The lowest BCUT2D eigenvalue weighted by Gasteiger charge is -2.16. The highest BCUT2D eigenvalue weighted by Gasteiger charge is 2.16. The molecule has 168 valence electrons. The Kier molecular flexibility index (Phi) is 6.38. The summed E-state index contributed by atoms with van der Waals surface area (Å²) in [4.78, 5) is 24.7. The first-order valence-corrected chi connectivity index (χ1v) is 10.8. The van der Waals surface area contributed by atoms with Crippen LogP contribution in [-0.2, 0) is 6.54 Å². The monoisotopic (exact) mass is 442 g/mol. The first-order chi connectivity index (χ1) is 15.8. The molecule has 0 aliphatic rings. The van der Waals surface area contributed by atoms with Crippen LogP contribution in [0.3, 0.4) is 0 Å². The van der Waals surface area contributed by atoms with E-state index in [1.807, 2.05) is 44.2 Å². The van der Waals surface area contributed by atoms with Gasteiger partial charge in [0, 0.05) is 16.5 Å². The minimum absolute atomic E-state index is 0.0199. The van der Waals surface area contributed by atoms with Gasteiger partial charge in [0.05, 0.1) is 17.6 Å². The van der Waals surface area contributed by atoms with Gasteiger partial charge >= 0.3 is 0 Å². The average molecular weight is 443 g/mol. The molecule has 4 aromatic rings. The van der Waals surface area contributed by atoms with E-state index in [0.717, 1.165) is 22.1 Å². The van der Waals surface area contributed by atoms with Crippen LogP contribution in [0.4, 0.5) is 0 Å². The second-order valence-electron chi connectivity index (χ2n) is 8.25. The van der Waals surface area contributed by atoms with E-state index in [1.165, 1.54) is 11.6 Å². The van der Waals surface area contributed by atoms with Crippen LogP contribution in [0.2, 0.25) is 0 Å². The van der Waals surface area contributed by atoms with E-state index in [2.05, 4.69) is 11.2 Å². The smallest absolute Gasteiger partial charge is 0.274 e. The van der Waals surface area contributed by atoms with Crippen LogP contribution in [0.15, 0.2) is 71.5 Å². The maximum atomic E-state index is 13.1. The number of rotatable bonds is 7. The molecule has 6 heteroatoms. The van der Waals surface area contributed by atoms with Crippen molar-refractivity contribution in [3.05, 3.63) is 93.8 Å². The molecule has 1 aromatic heterocycles. The molecule has 1 N–H and O–H groups in total. The van der Waals surface area contributed by atoms with Crippen molar-refractivity contribution in [2.75, 3.05) is 6.61 Å². The number of Topliss-reactive ketones (excluding diaryl/α,β-unsaturated/α-hetero) is 1. The maximum Gasteiger partial charge on any atom is 0.274 e. The van der Waals surface area contributed by atoms with Crippen molar-refractivity contribution in [2.45, 2.75) is 33.4 Å². The second-order valence-corrected chi connectivity index (χ2v) is 8.25. The van der Waals surface area contributed by atoms with Crippen LogP contribution in [0.5, 0.6) is 5.75 Å². The third-order valence-corrected chi connectivity index (χ3v) is 5.58. The van der Waals surface area contributed by atoms with E-state index in [1.54, 1.807) is 30.3 Å². The highest BCUT2D eigenvalue weighted by Crippen LogP contribution is 2.28. The number of aromatic nitrogens is 2. The molecule has 0 aliphatic heterocycles. The van der Waals surface area contributed by atoms with Crippen LogP contribution in [0.25, 0.3) is 22.0 Å². The predicted molar refractivity (Wildman–Crippen MR) is 129 cm³/mol. The topological polar surface area (TPSA) is 81.4 Å². The Morgan fingerprint density at radius 1 is 1.03 bits per heavy atom. The van der Waals surface area contributed by atoms with Crippen molar-refractivity contribution in [3.8, 4) is 17.0 Å². The summed E-state index contributed by atoms with van der Waals surface area (Å²) in [5, 5.41) is 16.6. The van der Waals surface area contributed by atoms with Crippen molar-refractivity contribution in [2.24, 2.45) is 0 Å². The van der Waals surface area contributed by atoms with E-state index in [-0.39, 0.29) is 24.5 Å². The van der Waals surface area contributed by atoms with Gasteiger partial charge in [-0.2, -0.15) is 5.10 Å². The summed E-state index contributed by atoms with van der Waals surface area (Å²) in [6.07, 6.45) is -0.969. The fraction of sp³-hybridized carbons (Fsp3) is 0.222. The van der Waals surface area contributed by atoms with Crippen LogP contribution >= 0.6 is 0 Å². The van der Waals surface area contributed by atoms with Gasteiger partial charge in [-0.1, -0.05) is 48.0 Å². The summed E-state index contributed by atoms with van der Waals surface area (Å²) >= 11 is 0. The lowest BCUT2D eigenvalue weighted by atomic mass is 9.99. The van der Waals surface area contributed by atoms with Crippen LogP contribution in [0.1, 0.15) is 28.4 Å². The molecule has 1 atom stereocenters. The van der Waals surface area contributed by atoms with Gasteiger partial charge in [-0.15, -0.1) is 0 Å². The molecule has 0 radical (unpaired) electrons. The molecule has 1 heterocycles. The van der Waals surface area contributed by atoms with Gasteiger partial charge in [-0.3, -0.25) is 9.59 Å². The van der Waals surface area contributed by atoms with Crippen molar-refractivity contribution in [1.82, 2.24) is 9.78 Å². The summed E-state index contributed by atoms with van der Waals surface area (Å²) in [6, 6.07) is 20.3. The molecule has 0 unspecified atom stereocenters. The number of carbonyl (C=O) groups excluding carboxylic acids is 1. The second kappa shape index (κ2) is 9.38. The average Bonchev–Trinajstić information content (AvgIpc) is 2.81. The Morgan fingerprint density at radius 2 is 1.79 bits per heavy atom. The Balaban J connectivity index is 1.65. The molecule has 0 saturated carbocycles. The van der Waals surface area contributed by atoms with Crippen LogP contribution < -0.4 is 10.3 Å². The summed E-state index contributed by atoms with van der Waals surface area (Å²) in [5.41, 5.74) is 4.07. The number of hydrogen-bond donors (Lipinski definition) is 1. The van der Waals surface area contributed by atoms with E-state index >= 15 is 0 Å². The molecule has 0 amide bonds. The fourth-order valence-corrected chi connectivity index (χ4v) is 3.80. The molecule has 0 saturated heterocycles. The zero-order valence-corrected chi connectivity index (χ0v) is 18.9. The molecule has 0 aliphatic carbocycles. The van der Waals surface area contributed by atoms with Gasteiger partial charge in [-0.05, 0) is 50.6 Å². The lowest BCUT2D eigenvalue weighted by molar-refractivity contribution is 0.0881. The van der Waals surface area contributed by atoms with Crippen molar-refractivity contribution in [1.29, 1.82) is 0 Å². The Labute approximate surface area is 192 Å². The molecular formula is C27H26N2O4. The number of fused-ring (bicyclic) bond motifs is 1. The van der Waals surface area contributed by atoms with Crippen molar-refractivity contribution < 1.29 is 14.6 Å². The largest absolute Gasteiger partial charge is 0.491 e. The van der Waals surface area contributed by atoms with Gasteiger partial charge in [0.2, 0.25) is 0 Å². The molecule has 0 fully saturated rings. The molecule has 4 rings (SSSR count). The quantitative estimate of drug-likeness (QED) is 0.431. The Hall–Kier alpha value is -3.77. The van der Waals surface area contributed by atoms with E-state index in [9.17, 15) is 14.7 Å². The van der Waals surface area contributed by atoms with Crippen molar-refractivity contribution in [3.63, 3.8) is 0 Å². The van der Waals surface area contributed by atoms with Gasteiger partial charge in [0.15, 0.2) is 5.78 Å². The third-order valence-electron chi connectivity index (χ3n) is 5.58. The maximum absolute atomic E-state index is 13.1. The lowest BCUT2D eigenvalue weighted by Crippen LogP contribution is -2.32. The minimum Gasteiger partial charge on any atom is -0.491 e. The minimum atomic E-state index is -0.969. The van der Waals surface area contributed by atoms with Gasteiger partial charge < -0.3 is 9.84 Å². The van der Waals surface area contributed by atoms with E-state index < -0.39 is 6.10 Å². The Morgan fingerprint density at radius 3 is 2.55 bits per heavy atom. The zero-order chi connectivity index (χ0) is 23.5. The summed E-state index contributed by atoms with van der Waals surface area (Å²) < 4.78 is 6.97. The predicted octanol–water partition coefficient (Wildman–Crippen LogP) is 4.32. The Bertz CT molecular complexity index is 1390. The number of hydrogen-bond acceptors (Lipinski definition) is 5. The molecule has 3 aromatic carbocycles. The van der Waals surface area contributed by atoms with E-state index in [0.29, 0.717) is 22.4 Å². The summed E-state index contributed by atoms with van der Waals surface area (Å²) in [6.45, 7) is 5.45. The van der Waals surface area contributed by atoms with Gasteiger partial charge in [0.25, 0.3) is 5.56 Å². The first-order valence-electron chi connectivity index (χ1n) is 10.8. The first kappa shape index (κ1) is 22.4. The summed E-state index contributed by atoms with van der Waals surface area (Å²) in [7, 11) is 0. The SMILES string of the molecule is CC(=O)c1cccc(OC[C@@H](O)Cn2nc(-c3cc(C)ccc3C)c3ccccc3c2=O)c1. The number of nitrogens with zero attached hydrogens (tertiary/aromatic N) is 2. The molecule has 0 bridgehead atoms. The highest BCUT2D eigenvalue weighted by molar-refractivity contribution is 5.95. The standard InChI is InChI=1S/C27H26N2O4/c1-17-11-12-18(2)25(13-17)26-23-9-4-5-10-24(23)27(32)29(28-26)15-21(31)16-33-22-8-6-7-20(14-22)19(3)30/h4-14,21,31H,15-16H2,1-3H3/t21-/m0/s1. The molecule has 6 nitrogen and oxygen atoms in total. The number of aliphatic hydroxyl groups is 1. The number of benzene rings is 3. The number of ether oxygens (including phenoxy) is 1.